The largest absolute Gasteiger partial charge is 0.371 e. The van der Waals surface area contributed by atoms with Gasteiger partial charge in [-0.2, -0.15) is 0 Å². The van der Waals surface area contributed by atoms with Crippen molar-refractivity contribution in [2.45, 2.75) is 18.9 Å². The van der Waals surface area contributed by atoms with Gasteiger partial charge >= 0.3 is 15.2 Å². The lowest BCUT2D eigenvalue weighted by molar-refractivity contribution is 0.131. The Morgan fingerprint density at radius 1 is 1.31 bits per heavy atom. The van der Waals surface area contributed by atoms with E-state index in [-0.39, 0.29) is 6.61 Å². The summed E-state index contributed by atoms with van der Waals surface area (Å²) in [6.07, 6.45) is 0. The van der Waals surface area contributed by atoms with E-state index in [0.29, 0.717) is 6.92 Å². The molecule has 0 bridgehead atoms. The Balaban J connectivity index is 5.05. The molecule has 0 aromatic rings. The van der Waals surface area contributed by atoms with Gasteiger partial charge in [0.15, 0.2) is 0 Å². The molecule has 9 heteroatoms. The SMILES string of the molecule is CCOP(=O)(O)C(C)(O)P(=O)(O)O. The minimum atomic E-state index is -5.10. The molecule has 0 saturated carbocycles. The molecule has 0 aromatic heterocycles. The molecule has 0 aliphatic carbocycles. The molecule has 0 fully saturated rings. The van der Waals surface area contributed by atoms with Gasteiger partial charge in [-0.1, -0.05) is 0 Å². The molecule has 0 aliphatic heterocycles. The zero-order valence-electron chi connectivity index (χ0n) is 7.12. The fraction of sp³-hybridized carbons (Fsp3) is 1.00. The molecule has 0 amide bonds. The average Bonchev–Trinajstić information content (AvgIpc) is 1.84. The van der Waals surface area contributed by atoms with Crippen LogP contribution in [0, 0.1) is 0 Å². The Bertz CT molecular complexity index is 266. The minimum Gasteiger partial charge on any atom is -0.368 e. The molecular formula is C4H12O7P2. The summed E-state index contributed by atoms with van der Waals surface area (Å²) in [7, 11) is -9.83. The molecule has 2 unspecified atom stereocenters. The van der Waals surface area contributed by atoms with E-state index >= 15 is 0 Å². The van der Waals surface area contributed by atoms with Crippen molar-refractivity contribution in [2.24, 2.45) is 0 Å². The summed E-state index contributed by atoms with van der Waals surface area (Å²) < 4.78 is 25.9. The van der Waals surface area contributed by atoms with Crippen LogP contribution < -0.4 is 0 Å². The van der Waals surface area contributed by atoms with Crippen LogP contribution in [0.5, 0.6) is 0 Å². The van der Waals surface area contributed by atoms with Crippen LogP contribution in [-0.2, 0) is 13.7 Å². The van der Waals surface area contributed by atoms with Crippen LogP contribution in [0.25, 0.3) is 0 Å². The lowest BCUT2D eigenvalue weighted by Gasteiger charge is -2.27. The summed E-state index contributed by atoms with van der Waals surface area (Å²) in [5, 5.41) is 6.05. The maximum absolute atomic E-state index is 11.1. The highest BCUT2D eigenvalue weighted by Crippen LogP contribution is 2.69. The molecule has 7 nitrogen and oxygen atoms in total. The Morgan fingerprint density at radius 2 is 1.69 bits per heavy atom. The molecule has 0 rings (SSSR count). The summed E-state index contributed by atoms with van der Waals surface area (Å²) in [5.41, 5.74) is 0. The standard InChI is InChI=1S/C4H12O7P2/c1-3-11-13(9,10)4(2,5)12(6,7)8/h5H,3H2,1-2H3,(H,9,10)(H2,6,7,8). The Morgan fingerprint density at radius 3 is 1.92 bits per heavy atom. The maximum atomic E-state index is 11.1. The second-order valence-electron chi connectivity index (χ2n) is 2.45. The fourth-order valence-corrected chi connectivity index (χ4v) is 2.55. The van der Waals surface area contributed by atoms with E-state index in [2.05, 4.69) is 4.52 Å². The fourth-order valence-electron chi connectivity index (χ4n) is 0.462. The molecule has 0 heterocycles. The first kappa shape index (κ1) is 13.3. The molecule has 0 aliphatic rings. The second kappa shape index (κ2) is 3.79. The van der Waals surface area contributed by atoms with Crippen molar-refractivity contribution in [1.29, 1.82) is 0 Å². The van der Waals surface area contributed by atoms with Crippen LogP contribution in [-0.4, -0.2) is 31.5 Å². The molecule has 4 N–H and O–H groups in total. The monoisotopic (exact) mass is 234 g/mol. The summed E-state index contributed by atoms with van der Waals surface area (Å²) in [5.74, 6) is 0. The third kappa shape index (κ3) is 2.60. The van der Waals surface area contributed by atoms with Crippen LogP contribution in [0.1, 0.15) is 13.8 Å². The molecular weight excluding hydrogens is 222 g/mol. The van der Waals surface area contributed by atoms with Gasteiger partial charge in [-0.15, -0.1) is 0 Å². The first-order chi connectivity index (χ1) is 5.56. The number of aliphatic hydroxyl groups is 1. The van der Waals surface area contributed by atoms with Crippen molar-refractivity contribution < 1.29 is 33.4 Å². The van der Waals surface area contributed by atoms with Gasteiger partial charge in [0.25, 0.3) is 5.08 Å². The molecule has 13 heavy (non-hydrogen) atoms. The number of rotatable bonds is 4. The van der Waals surface area contributed by atoms with Gasteiger partial charge in [0.2, 0.25) is 0 Å². The topological polar surface area (TPSA) is 124 Å². The van der Waals surface area contributed by atoms with Crippen LogP contribution >= 0.6 is 15.2 Å². The third-order valence-corrected chi connectivity index (χ3v) is 5.71. The predicted octanol–water partition coefficient (Wildman–Crippen LogP) is 0.0520. The highest BCUT2D eigenvalue weighted by atomic mass is 31.2. The van der Waals surface area contributed by atoms with Gasteiger partial charge in [0, 0.05) is 0 Å². The Labute approximate surface area is 75.1 Å². The Kier molecular flexibility index (Phi) is 3.86. The normalized spacial score (nSPS) is 22.0. The number of hydrogen-bond donors (Lipinski definition) is 4. The van der Waals surface area contributed by atoms with Gasteiger partial charge in [-0.25, -0.2) is 0 Å². The lowest BCUT2D eigenvalue weighted by atomic mass is 10.9. The molecule has 2 atom stereocenters. The van der Waals surface area contributed by atoms with Crippen molar-refractivity contribution in [3.63, 3.8) is 0 Å². The van der Waals surface area contributed by atoms with Gasteiger partial charge in [0.05, 0.1) is 6.61 Å². The zero-order chi connectivity index (χ0) is 10.9. The molecule has 80 valence electrons. The summed E-state index contributed by atoms with van der Waals surface area (Å²) in [6.45, 7) is 1.69. The molecule has 0 spiro atoms. The van der Waals surface area contributed by atoms with Crippen molar-refractivity contribution in [1.82, 2.24) is 0 Å². The van der Waals surface area contributed by atoms with E-state index in [4.69, 9.17) is 19.8 Å². The maximum Gasteiger partial charge on any atom is 0.371 e. The minimum absolute atomic E-state index is 0.232. The Hall–Kier alpha value is 0.260. The molecule has 0 saturated heterocycles. The van der Waals surface area contributed by atoms with Crippen LogP contribution in [0.15, 0.2) is 0 Å². The van der Waals surface area contributed by atoms with Crippen molar-refractivity contribution >= 4 is 15.2 Å². The predicted molar refractivity (Wildman–Crippen MR) is 44.1 cm³/mol. The van der Waals surface area contributed by atoms with Gasteiger partial charge in [-0.05, 0) is 13.8 Å². The summed E-state index contributed by atoms with van der Waals surface area (Å²) in [6, 6.07) is 0. The van der Waals surface area contributed by atoms with E-state index in [1.165, 1.54) is 6.92 Å². The molecule has 0 aromatic carbocycles. The molecule has 0 radical (unpaired) electrons. The zero-order valence-corrected chi connectivity index (χ0v) is 8.90. The highest BCUT2D eigenvalue weighted by Gasteiger charge is 2.56. The van der Waals surface area contributed by atoms with Crippen molar-refractivity contribution in [3.8, 4) is 0 Å². The van der Waals surface area contributed by atoms with Gasteiger partial charge < -0.3 is 24.3 Å². The van der Waals surface area contributed by atoms with E-state index < -0.39 is 20.3 Å². The third-order valence-electron chi connectivity index (χ3n) is 1.39. The lowest BCUT2D eigenvalue weighted by Crippen LogP contribution is -2.25. The summed E-state index contributed by atoms with van der Waals surface area (Å²) in [4.78, 5) is 26.1. The van der Waals surface area contributed by atoms with E-state index in [1.54, 1.807) is 0 Å². The average molecular weight is 234 g/mol. The first-order valence-electron chi connectivity index (χ1n) is 3.31. The first-order valence-corrected chi connectivity index (χ1v) is 6.50. The van der Waals surface area contributed by atoms with Crippen molar-refractivity contribution in [2.75, 3.05) is 6.61 Å². The quantitative estimate of drug-likeness (QED) is 0.506. The van der Waals surface area contributed by atoms with Crippen LogP contribution in [0.2, 0.25) is 0 Å². The van der Waals surface area contributed by atoms with Crippen LogP contribution in [0.3, 0.4) is 0 Å². The van der Waals surface area contributed by atoms with E-state index in [1.807, 2.05) is 0 Å². The van der Waals surface area contributed by atoms with Crippen molar-refractivity contribution in [3.05, 3.63) is 0 Å². The van der Waals surface area contributed by atoms with Gasteiger partial charge in [0.1, 0.15) is 0 Å². The van der Waals surface area contributed by atoms with E-state index in [0.717, 1.165) is 0 Å². The second-order valence-corrected chi connectivity index (χ2v) is 6.93. The van der Waals surface area contributed by atoms with E-state index in [9.17, 15) is 9.13 Å². The summed E-state index contributed by atoms with van der Waals surface area (Å²) >= 11 is 0. The number of hydrogen-bond acceptors (Lipinski definition) is 4. The highest BCUT2D eigenvalue weighted by molar-refractivity contribution is 7.72. The van der Waals surface area contributed by atoms with Gasteiger partial charge in [-0.3, -0.25) is 9.13 Å². The smallest absolute Gasteiger partial charge is 0.368 e. The van der Waals surface area contributed by atoms with Crippen LogP contribution in [0.4, 0.5) is 0 Å².